The first-order chi connectivity index (χ1) is 9.90. The van der Waals surface area contributed by atoms with Gasteiger partial charge in [-0.25, -0.2) is 4.79 Å². The van der Waals surface area contributed by atoms with Crippen molar-refractivity contribution in [2.45, 2.75) is 23.6 Å². The summed E-state index contributed by atoms with van der Waals surface area (Å²) in [7, 11) is 1.42. The summed E-state index contributed by atoms with van der Waals surface area (Å²) in [5, 5.41) is 12.0. The van der Waals surface area contributed by atoms with E-state index in [1.54, 1.807) is 0 Å². The zero-order chi connectivity index (χ0) is 16.2. The van der Waals surface area contributed by atoms with Gasteiger partial charge in [-0.05, 0) is 11.5 Å². The Hall–Kier alpha value is -0.560. The first-order valence-corrected chi connectivity index (χ1v) is 8.89. The van der Waals surface area contributed by atoms with Crippen molar-refractivity contribution in [3.05, 3.63) is 21.2 Å². The van der Waals surface area contributed by atoms with E-state index < -0.39 is 11.9 Å². The zero-order valence-electron chi connectivity index (χ0n) is 11.8. The molecule has 1 aromatic rings. The summed E-state index contributed by atoms with van der Waals surface area (Å²) < 4.78 is 0. The Morgan fingerprint density at radius 3 is 1.81 bits per heavy atom. The molecule has 8 heteroatoms. The molecule has 1 aromatic carbocycles. The average Bonchev–Trinajstić information content (AvgIpc) is 2.44. The molecule has 0 saturated heterocycles. The number of amides is 1. The average molecular weight is 368 g/mol. The molecule has 0 fully saturated rings. The maximum absolute atomic E-state index is 12.0. The summed E-state index contributed by atoms with van der Waals surface area (Å²) in [5.74, 6) is -0.393. The van der Waals surface area contributed by atoms with Crippen LogP contribution in [0.2, 0.25) is 10.0 Å². The molecule has 0 spiro atoms. The number of carboxylic acids is 1. The van der Waals surface area contributed by atoms with Crippen LogP contribution in [0.5, 0.6) is 0 Å². The predicted octanol–water partition coefficient (Wildman–Crippen LogP) is 4.28. The van der Waals surface area contributed by atoms with Crippen LogP contribution in [-0.4, -0.2) is 35.5 Å². The van der Waals surface area contributed by atoms with Crippen LogP contribution in [-0.2, 0) is 0 Å². The fraction of sp³-hybridized carbons (Fsp3) is 0.385. The van der Waals surface area contributed by atoms with Gasteiger partial charge in [0, 0.05) is 16.8 Å². The van der Waals surface area contributed by atoms with E-state index in [1.165, 1.54) is 30.6 Å². The maximum atomic E-state index is 12.0. The molecule has 0 radical (unpaired) electrons. The third-order valence-corrected chi connectivity index (χ3v) is 5.62. The van der Waals surface area contributed by atoms with E-state index in [4.69, 9.17) is 23.2 Å². The SMILES string of the molecule is CCSc1c(Cl)c(C(=O)O)c(C(=O)NC)c(Cl)c1SCC. The van der Waals surface area contributed by atoms with Crippen molar-refractivity contribution in [3.63, 3.8) is 0 Å². The Morgan fingerprint density at radius 1 is 1.05 bits per heavy atom. The molecular formula is C13H15Cl2NO3S2. The lowest BCUT2D eigenvalue weighted by atomic mass is 10.1. The van der Waals surface area contributed by atoms with Crippen LogP contribution in [0.1, 0.15) is 34.6 Å². The Kier molecular flexibility index (Phi) is 7.20. The van der Waals surface area contributed by atoms with Gasteiger partial charge in [0.05, 0.1) is 21.2 Å². The smallest absolute Gasteiger partial charge is 0.338 e. The Morgan fingerprint density at radius 2 is 1.48 bits per heavy atom. The van der Waals surface area contributed by atoms with Gasteiger partial charge in [0.15, 0.2) is 0 Å². The number of carbonyl (C=O) groups excluding carboxylic acids is 1. The van der Waals surface area contributed by atoms with Crippen molar-refractivity contribution in [3.8, 4) is 0 Å². The molecule has 0 atom stereocenters. The van der Waals surface area contributed by atoms with Crippen LogP contribution < -0.4 is 5.32 Å². The highest BCUT2D eigenvalue weighted by Gasteiger charge is 2.29. The number of carbonyl (C=O) groups is 2. The third kappa shape index (κ3) is 3.80. The van der Waals surface area contributed by atoms with Gasteiger partial charge in [-0.15, -0.1) is 23.5 Å². The van der Waals surface area contributed by atoms with Gasteiger partial charge in [0.1, 0.15) is 0 Å². The predicted molar refractivity (Wildman–Crippen MR) is 89.6 cm³/mol. The molecule has 21 heavy (non-hydrogen) atoms. The Bertz CT molecular complexity index is 579. The number of benzene rings is 1. The second-order valence-electron chi connectivity index (χ2n) is 3.79. The number of carboxylic acid groups (broad SMARTS) is 1. The number of thioether (sulfide) groups is 2. The number of hydrogen-bond donors (Lipinski definition) is 2. The topological polar surface area (TPSA) is 66.4 Å². The number of aromatic carboxylic acids is 1. The van der Waals surface area contributed by atoms with Gasteiger partial charge in [-0.3, -0.25) is 4.79 Å². The van der Waals surface area contributed by atoms with Crippen LogP contribution in [0, 0.1) is 0 Å². The van der Waals surface area contributed by atoms with E-state index in [9.17, 15) is 14.7 Å². The van der Waals surface area contributed by atoms with Gasteiger partial charge >= 0.3 is 5.97 Å². The van der Waals surface area contributed by atoms with E-state index in [0.717, 1.165) is 5.75 Å². The minimum Gasteiger partial charge on any atom is -0.478 e. The maximum Gasteiger partial charge on any atom is 0.338 e. The molecule has 0 aliphatic rings. The van der Waals surface area contributed by atoms with Crippen LogP contribution in [0.3, 0.4) is 0 Å². The number of nitrogens with one attached hydrogen (secondary N) is 1. The lowest BCUT2D eigenvalue weighted by Gasteiger charge is -2.17. The fourth-order valence-electron chi connectivity index (χ4n) is 1.73. The standard InChI is InChI=1S/C13H15Cl2NO3S2/c1-4-20-10-8(14)6(12(17)16-3)7(13(18)19)9(15)11(10)21-5-2/h4-5H2,1-3H3,(H,16,17)(H,18,19). The van der Waals surface area contributed by atoms with Crippen LogP contribution >= 0.6 is 46.7 Å². The first-order valence-electron chi connectivity index (χ1n) is 6.16. The molecule has 0 aliphatic carbocycles. The zero-order valence-corrected chi connectivity index (χ0v) is 14.9. The van der Waals surface area contributed by atoms with Crippen LogP contribution in [0.4, 0.5) is 0 Å². The first kappa shape index (κ1) is 18.5. The molecular weight excluding hydrogens is 353 g/mol. The molecule has 116 valence electrons. The van der Waals surface area contributed by atoms with Gasteiger partial charge in [-0.2, -0.15) is 0 Å². The molecule has 0 heterocycles. The minimum absolute atomic E-state index is 0.0632. The highest BCUT2D eigenvalue weighted by atomic mass is 35.5. The summed E-state index contributed by atoms with van der Waals surface area (Å²) in [6.07, 6.45) is 0. The number of hydrogen-bond acceptors (Lipinski definition) is 4. The van der Waals surface area contributed by atoms with Crippen molar-refractivity contribution in [2.75, 3.05) is 18.6 Å². The van der Waals surface area contributed by atoms with E-state index in [2.05, 4.69) is 5.32 Å². The molecule has 0 aliphatic heterocycles. The number of rotatable bonds is 6. The number of halogens is 2. The molecule has 2 N–H and O–H groups in total. The van der Waals surface area contributed by atoms with E-state index in [-0.39, 0.29) is 21.2 Å². The quantitative estimate of drug-likeness (QED) is 0.734. The van der Waals surface area contributed by atoms with Gasteiger partial charge < -0.3 is 10.4 Å². The van der Waals surface area contributed by atoms with Gasteiger partial charge in [0.2, 0.25) is 0 Å². The fourth-order valence-corrected chi connectivity index (χ4v) is 4.57. The summed E-state index contributed by atoms with van der Waals surface area (Å²) in [5.41, 5.74) is -0.342. The van der Waals surface area contributed by atoms with E-state index in [0.29, 0.717) is 15.5 Å². The summed E-state index contributed by atoms with van der Waals surface area (Å²) in [6.45, 7) is 3.88. The molecule has 0 bridgehead atoms. The van der Waals surface area contributed by atoms with E-state index >= 15 is 0 Å². The highest BCUT2D eigenvalue weighted by Crippen LogP contribution is 2.45. The summed E-state index contributed by atoms with van der Waals surface area (Å²) in [4.78, 5) is 24.8. The van der Waals surface area contributed by atoms with Crippen LogP contribution in [0.15, 0.2) is 9.79 Å². The van der Waals surface area contributed by atoms with Crippen molar-refractivity contribution in [2.24, 2.45) is 0 Å². The van der Waals surface area contributed by atoms with E-state index in [1.807, 2.05) is 13.8 Å². The van der Waals surface area contributed by atoms with Crippen molar-refractivity contribution >= 4 is 58.6 Å². The third-order valence-electron chi connectivity index (χ3n) is 2.54. The Balaban J connectivity index is 3.79. The molecule has 1 amide bonds. The Labute approximate surface area is 142 Å². The minimum atomic E-state index is -1.27. The summed E-state index contributed by atoms with van der Waals surface area (Å²) >= 11 is 15.4. The van der Waals surface area contributed by atoms with Gasteiger partial charge in [-0.1, -0.05) is 37.0 Å². The second-order valence-corrected chi connectivity index (χ2v) is 7.09. The molecule has 1 rings (SSSR count). The lowest BCUT2D eigenvalue weighted by molar-refractivity contribution is 0.0691. The molecule has 0 unspecified atom stereocenters. The second kappa shape index (κ2) is 8.17. The van der Waals surface area contributed by atoms with Gasteiger partial charge in [0.25, 0.3) is 5.91 Å². The molecule has 0 saturated carbocycles. The van der Waals surface area contributed by atoms with Crippen molar-refractivity contribution < 1.29 is 14.7 Å². The van der Waals surface area contributed by atoms with Crippen LogP contribution in [0.25, 0.3) is 0 Å². The lowest BCUT2D eigenvalue weighted by Crippen LogP contribution is -2.22. The summed E-state index contributed by atoms with van der Waals surface area (Å²) in [6, 6.07) is 0. The highest BCUT2D eigenvalue weighted by molar-refractivity contribution is 8.02. The van der Waals surface area contributed by atoms with Crippen molar-refractivity contribution in [1.29, 1.82) is 0 Å². The monoisotopic (exact) mass is 367 g/mol. The normalized spacial score (nSPS) is 10.5. The molecule has 0 aromatic heterocycles. The van der Waals surface area contributed by atoms with Crippen molar-refractivity contribution in [1.82, 2.24) is 5.32 Å². The molecule has 4 nitrogen and oxygen atoms in total. The largest absolute Gasteiger partial charge is 0.478 e.